The second-order valence-corrected chi connectivity index (χ2v) is 8.24. The largest absolute Gasteiger partial charge is 0.301 e. The van der Waals surface area contributed by atoms with Gasteiger partial charge in [-0.15, -0.1) is 10.2 Å². The maximum atomic E-state index is 12.4. The summed E-state index contributed by atoms with van der Waals surface area (Å²) in [5.74, 6) is -0.0422. The number of carbonyl (C=O) groups excluding carboxylic acids is 1. The SMILES string of the molecule is CCC(Sc1nnc(C)s1)C(=O)Nc1nc2ccccc2s1. The average molecular weight is 350 g/mol. The lowest BCUT2D eigenvalue weighted by molar-refractivity contribution is -0.115. The standard InChI is InChI=1S/C14H14N4OS3/c1-3-10(22-14-18-17-8(2)20-14)12(19)16-13-15-9-6-4-5-7-11(9)21-13/h4-7,10H,3H2,1-2H3,(H,15,16,19). The van der Waals surface area contributed by atoms with E-state index in [9.17, 15) is 4.79 Å². The fourth-order valence-corrected chi connectivity index (χ4v) is 4.73. The third kappa shape index (κ3) is 3.45. The highest BCUT2D eigenvalue weighted by molar-refractivity contribution is 8.02. The number of carbonyl (C=O) groups is 1. The Labute approximate surface area is 140 Å². The van der Waals surface area contributed by atoms with Crippen LogP contribution in [0.1, 0.15) is 18.4 Å². The second-order valence-electron chi connectivity index (χ2n) is 4.58. The molecule has 1 aromatic carbocycles. The number of nitrogens with zero attached hydrogens (tertiary/aromatic N) is 3. The van der Waals surface area contributed by atoms with E-state index in [4.69, 9.17) is 0 Å². The Morgan fingerprint density at radius 3 is 2.82 bits per heavy atom. The van der Waals surface area contributed by atoms with Gasteiger partial charge < -0.3 is 5.32 Å². The van der Waals surface area contributed by atoms with Crippen molar-refractivity contribution in [3.05, 3.63) is 29.3 Å². The molecule has 0 bridgehead atoms. The van der Waals surface area contributed by atoms with Gasteiger partial charge in [0, 0.05) is 0 Å². The number of hydrogen-bond acceptors (Lipinski definition) is 7. The average Bonchev–Trinajstić information content (AvgIpc) is 3.09. The van der Waals surface area contributed by atoms with Crippen LogP contribution < -0.4 is 5.32 Å². The van der Waals surface area contributed by atoms with E-state index in [2.05, 4.69) is 20.5 Å². The lowest BCUT2D eigenvalue weighted by Gasteiger charge is -2.11. The molecular formula is C14H14N4OS3. The summed E-state index contributed by atoms with van der Waals surface area (Å²) >= 11 is 4.45. The van der Waals surface area contributed by atoms with Crippen molar-refractivity contribution in [1.82, 2.24) is 15.2 Å². The van der Waals surface area contributed by atoms with Crippen LogP contribution in [0.2, 0.25) is 0 Å². The highest BCUT2D eigenvalue weighted by Crippen LogP contribution is 2.30. The predicted octanol–water partition coefficient (Wildman–Crippen LogP) is 3.97. The molecule has 5 nitrogen and oxygen atoms in total. The topological polar surface area (TPSA) is 67.8 Å². The van der Waals surface area contributed by atoms with Crippen LogP contribution >= 0.6 is 34.4 Å². The van der Waals surface area contributed by atoms with Crippen LogP contribution in [0, 0.1) is 6.92 Å². The number of para-hydroxylation sites is 1. The van der Waals surface area contributed by atoms with Crippen LogP contribution in [0.5, 0.6) is 0 Å². The number of thioether (sulfide) groups is 1. The molecule has 2 heterocycles. The van der Waals surface area contributed by atoms with Crippen molar-refractivity contribution in [3.8, 4) is 0 Å². The highest BCUT2D eigenvalue weighted by atomic mass is 32.2. The summed E-state index contributed by atoms with van der Waals surface area (Å²) in [5.41, 5.74) is 0.906. The second kappa shape index (κ2) is 6.72. The minimum atomic E-state index is -0.195. The zero-order valence-electron chi connectivity index (χ0n) is 12.1. The van der Waals surface area contributed by atoms with E-state index in [1.807, 2.05) is 38.1 Å². The molecule has 1 amide bonds. The summed E-state index contributed by atoms with van der Waals surface area (Å²) < 4.78 is 1.89. The molecule has 114 valence electrons. The predicted molar refractivity (Wildman–Crippen MR) is 92.8 cm³/mol. The molecule has 22 heavy (non-hydrogen) atoms. The first kappa shape index (κ1) is 15.4. The van der Waals surface area contributed by atoms with E-state index in [1.54, 1.807) is 0 Å². The first-order valence-corrected chi connectivity index (χ1v) is 9.30. The fraction of sp³-hybridized carbons (Fsp3) is 0.286. The van der Waals surface area contributed by atoms with Gasteiger partial charge in [0.1, 0.15) is 5.01 Å². The Balaban J connectivity index is 1.71. The van der Waals surface area contributed by atoms with Crippen LogP contribution in [0.15, 0.2) is 28.6 Å². The number of rotatable bonds is 5. The molecule has 0 saturated heterocycles. The molecule has 0 radical (unpaired) electrons. The van der Waals surface area contributed by atoms with Crippen molar-refractivity contribution in [2.24, 2.45) is 0 Å². The molecule has 3 rings (SSSR count). The van der Waals surface area contributed by atoms with E-state index < -0.39 is 0 Å². The Morgan fingerprint density at radius 2 is 2.14 bits per heavy atom. The van der Waals surface area contributed by atoms with Gasteiger partial charge in [-0.25, -0.2) is 4.98 Å². The normalized spacial score (nSPS) is 12.5. The molecule has 0 saturated carbocycles. The number of aryl methyl sites for hydroxylation is 1. The molecule has 0 aliphatic heterocycles. The highest BCUT2D eigenvalue weighted by Gasteiger charge is 2.21. The number of anilines is 1. The molecular weight excluding hydrogens is 336 g/mol. The smallest absolute Gasteiger partial charge is 0.239 e. The van der Waals surface area contributed by atoms with Crippen LogP contribution in [0.4, 0.5) is 5.13 Å². The van der Waals surface area contributed by atoms with Crippen LogP contribution in [0.25, 0.3) is 10.2 Å². The third-order valence-electron chi connectivity index (χ3n) is 2.94. The monoisotopic (exact) mass is 350 g/mol. The number of hydrogen-bond donors (Lipinski definition) is 1. The molecule has 0 spiro atoms. The maximum absolute atomic E-state index is 12.4. The van der Waals surface area contributed by atoms with Crippen LogP contribution in [0.3, 0.4) is 0 Å². The summed E-state index contributed by atoms with van der Waals surface area (Å²) in [6.07, 6.45) is 0.722. The number of thiazole rings is 1. The Morgan fingerprint density at radius 1 is 1.32 bits per heavy atom. The summed E-state index contributed by atoms with van der Waals surface area (Å²) in [6.45, 7) is 3.90. The van der Waals surface area contributed by atoms with Crippen molar-refractivity contribution >= 4 is 55.7 Å². The number of benzene rings is 1. The fourth-order valence-electron chi connectivity index (χ4n) is 1.88. The van der Waals surface area contributed by atoms with Gasteiger partial charge in [0.2, 0.25) is 5.91 Å². The quantitative estimate of drug-likeness (QED) is 0.705. The number of amides is 1. The molecule has 0 aliphatic rings. The van der Waals surface area contributed by atoms with Gasteiger partial charge in [-0.3, -0.25) is 4.79 Å². The van der Waals surface area contributed by atoms with Crippen molar-refractivity contribution < 1.29 is 4.79 Å². The first-order valence-electron chi connectivity index (χ1n) is 6.79. The van der Waals surface area contributed by atoms with Gasteiger partial charge in [-0.1, -0.05) is 53.5 Å². The third-order valence-corrected chi connectivity index (χ3v) is 6.18. The number of fused-ring (bicyclic) bond motifs is 1. The maximum Gasteiger partial charge on any atom is 0.239 e. The van der Waals surface area contributed by atoms with Crippen LogP contribution in [-0.2, 0) is 4.79 Å². The lowest BCUT2D eigenvalue weighted by atomic mass is 10.3. The molecule has 0 aliphatic carbocycles. The molecule has 3 aromatic rings. The van der Waals surface area contributed by atoms with Gasteiger partial charge in [-0.05, 0) is 25.5 Å². The number of aromatic nitrogens is 3. The Bertz CT molecular complexity index is 765. The van der Waals surface area contributed by atoms with Gasteiger partial charge >= 0.3 is 0 Å². The van der Waals surface area contributed by atoms with Crippen molar-refractivity contribution in [2.75, 3.05) is 5.32 Å². The van der Waals surface area contributed by atoms with Crippen LogP contribution in [-0.4, -0.2) is 26.3 Å². The Kier molecular flexibility index (Phi) is 4.70. The van der Waals surface area contributed by atoms with Gasteiger partial charge in [0.15, 0.2) is 9.47 Å². The zero-order chi connectivity index (χ0) is 15.5. The van der Waals surface area contributed by atoms with Crippen molar-refractivity contribution in [2.45, 2.75) is 29.9 Å². The first-order chi connectivity index (χ1) is 10.7. The summed E-state index contributed by atoms with van der Waals surface area (Å²) in [5, 5.41) is 12.3. The molecule has 1 atom stereocenters. The van der Waals surface area contributed by atoms with E-state index in [1.165, 1.54) is 34.4 Å². The molecule has 1 unspecified atom stereocenters. The molecule has 0 fully saturated rings. The zero-order valence-corrected chi connectivity index (χ0v) is 14.5. The van der Waals surface area contributed by atoms with Gasteiger partial charge in [0.05, 0.1) is 15.5 Å². The van der Waals surface area contributed by atoms with E-state index >= 15 is 0 Å². The van der Waals surface area contributed by atoms with E-state index in [-0.39, 0.29) is 11.2 Å². The summed E-state index contributed by atoms with van der Waals surface area (Å²) in [4.78, 5) is 16.9. The van der Waals surface area contributed by atoms with E-state index in [0.717, 1.165) is 26.0 Å². The molecule has 2 aromatic heterocycles. The van der Waals surface area contributed by atoms with E-state index in [0.29, 0.717) is 5.13 Å². The molecule has 1 N–H and O–H groups in total. The molecule has 8 heteroatoms. The van der Waals surface area contributed by atoms with Gasteiger partial charge in [0.25, 0.3) is 0 Å². The Hall–Kier alpha value is -1.51. The van der Waals surface area contributed by atoms with Gasteiger partial charge in [-0.2, -0.15) is 0 Å². The lowest BCUT2D eigenvalue weighted by Crippen LogP contribution is -2.24. The van der Waals surface area contributed by atoms with Crippen molar-refractivity contribution in [1.29, 1.82) is 0 Å². The summed E-state index contributed by atoms with van der Waals surface area (Å²) in [7, 11) is 0. The minimum Gasteiger partial charge on any atom is -0.301 e. The minimum absolute atomic E-state index is 0.0422. The number of nitrogens with one attached hydrogen (secondary N) is 1. The van der Waals surface area contributed by atoms with Crippen molar-refractivity contribution in [3.63, 3.8) is 0 Å². The summed E-state index contributed by atoms with van der Waals surface area (Å²) in [6, 6.07) is 7.85.